The Bertz CT molecular complexity index is 1780. The van der Waals surface area contributed by atoms with Crippen LogP contribution in [-0.4, -0.2) is 70.5 Å². The van der Waals surface area contributed by atoms with Gasteiger partial charge in [0, 0.05) is 104 Å². The predicted molar refractivity (Wildman–Crippen MR) is 186 cm³/mol. The normalized spacial score (nSPS) is 19.2. The van der Waals surface area contributed by atoms with Crippen LogP contribution in [0.4, 0.5) is 0 Å². The molecule has 2 saturated heterocycles. The lowest BCUT2D eigenvalue weighted by molar-refractivity contribution is -0.120. The Hall–Kier alpha value is -4.09. The van der Waals surface area contributed by atoms with Gasteiger partial charge in [-0.2, -0.15) is 0 Å². The van der Waals surface area contributed by atoms with E-state index in [9.17, 15) is 9.59 Å². The second-order valence-electron chi connectivity index (χ2n) is 12.6. The van der Waals surface area contributed by atoms with E-state index >= 15 is 0 Å². The Balaban J connectivity index is 1.09. The highest BCUT2D eigenvalue weighted by Gasteiger charge is 2.27. The number of halogens is 2. The molecule has 48 heavy (non-hydrogen) atoms. The van der Waals surface area contributed by atoms with Crippen molar-refractivity contribution < 1.29 is 14.3 Å². The topological polar surface area (TPSA) is 121 Å². The van der Waals surface area contributed by atoms with Gasteiger partial charge in [0.05, 0.1) is 28.5 Å². The summed E-state index contributed by atoms with van der Waals surface area (Å²) in [4.78, 5) is 40.0. The van der Waals surface area contributed by atoms with Crippen LogP contribution >= 0.6 is 23.2 Å². The summed E-state index contributed by atoms with van der Waals surface area (Å²) in [6, 6.07) is 15.9. The van der Waals surface area contributed by atoms with Crippen molar-refractivity contribution in [3.8, 4) is 39.7 Å². The van der Waals surface area contributed by atoms with Crippen molar-refractivity contribution in [1.29, 1.82) is 0 Å². The summed E-state index contributed by atoms with van der Waals surface area (Å²) in [5.74, 6) is 1.33. The minimum absolute atomic E-state index is 0.102. The molecule has 0 radical (unpaired) electrons. The van der Waals surface area contributed by atoms with E-state index in [1.54, 1.807) is 7.11 Å². The number of nitrogens with one attached hydrogen (secondary N) is 3. The number of hydrogen-bond acceptors (Lipinski definition) is 8. The molecule has 2 atom stereocenters. The highest BCUT2D eigenvalue weighted by atomic mass is 35.5. The second-order valence-corrected chi connectivity index (χ2v) is 13.3. The van der Waals surface area contributed by atoms with Gasteiger partial charge in [0.1, 0.15) is 0 Å². The molecule has 4 aromatic rings. The minimum Gasteiger partial charge on any atom is -0.481 e. The number of methoxy groups -OCH3 is 1. The molecule has 10 nitrogen and oxygen atoms in total. The first-order valence-electron chi connectivity index (χ1n) is 16.3. The molecule has 0 aliphatic carbocycles. The average molecular weight is 687 g/mol. The maximum Gasteiger partial charge on any atom is 0.220 e. The molecule has 2 aromatic carbocycles. The first-order chi connectivity index (χ1) is 23.4. The summed E-state index contributed by atoms with van der Waals surface area (Å²) in [5, 5.41) is 10.5. The van der Waals surface area contributed by atoms with Crippen molar-refractivity contribution in [3.63, 3.8) is 0 Å². The number of amides is 2. The van der Waals surface area contributed by atoms with Crippen molar-refractivity contribution >= 4 is 35.0 Å². The maximum atomic E-state index is 11.6. The summed E-state index contributed by atoms with van der Waals surface area (Å²) in [7, 11) is 1.60. The molecule has 7 rings (SSSR count). The number of pyridine rings is 1. The van der Waals surface area contributed by atoms with Gasteiger partial charge in [0.2, 0.25) is 17.7 Å². The first-order valence-corrected chi connectivity index (χ1v) is 17.1. The van der Waals surface area contributed by atoms with E-state index in [1.807, 2.05) is 54.7 Å². The third kappa shape index (κ3) is 6.89. The van der Waals surface area contributed by atoms with Crippen molar-refractivity contribution in [3.05, 3.63) is 81.6 Å². The van der Waals surface area contributed by atoms with E-state index in [0.717, 1.165) is 78.0 Å². The number of ether oxygens (including phenoxy) is 1. The number of rotatable bonds is 10. The van der Waals surface area contributed by atoms with E-state index in [1.165, 1.54) is 0 Å². The Morgan fingerprint density at radius 3 is 2.27 bits per heavy atom. The predicted octanol–water partition coefficient (Wildman–Crippen LogP) is 5.19. The largest absolute Gasteiger partial charge is 0.481 e. The second kappa shape index (κ2) is 14.2. The quantitative estimate of drug-likeness (QED) is 0.209. The van der Waals surface area contributed by atoms with Crippen molar-refractivity contribution in [2.24, 2.45) is 0 Å². The van der Waals surface area contributed by atoms with Gasteiger partial charge < -0.3 is 20.7 Å². The zero-order valence-electron chi connectivity index (χ0n) is 26.7. The maximum absolute atomic E-state index is 11.6. The molecule has 0 spiro atoms. The lowest BCUT2D eigenvalue weighted by Crippen LogP contribution is -2.41. The first kappa shape index (κ1) is 32.5. The Morgan fingerprint density at radius 2 is 1.56 bits per heavy atom. The molecular formula is C36H37Cl2N7O3. The molecule has 12 heteroatoms. The molecule has 0 bridgehead atoms. The molecule has 3 N–H and O–H groups in total. The van der Waals surface area contributed by atoms with Gasteiger partial charge >= 0.3 is 0 Å². The third-order valence-corrected chi connectivity index (χ3v) is 10.1. The molecule has 2 aromatic heterocycles. The summed E-state index contributed by atoms with van der Waals surface area (Å²) in [6.07, 6.45) is 5.62. The Labute approximate surface area is 289 Å². The fraction of sp³-hybridized carbons (Fsp3) is 0.361. The molecule has 3 aliphatic rings. The summed E-state index contributed by atoms with van der Waals surface area (Å²) in [5.41, 5.74) is 6.77. The van der Waals surface area contributed by atoms with Gasteiger partial charge in [-0.05, 0) is 25.0 Å². The van der Waals surface area contributed by atoms with Crippen molar-refractivity contribution in [2.75, 3.05) is 26.7 Å². The summed E-state index contributed by atoms with van der Waals surface area (Å²) in [6.45, 7) is 3.72. The Morgan fingerprint density at radius 1 is 0.875 bits per heavy atom. The smallest absolute Gasteiger partial charge is 0.220 e. The number of benzene rings is 2. The Kier molecular flexibility index (Phi) is 9.59. The van der Waals surface area contributed by atoms with Crippen LogP contribution in [0.3, 0.4) is 0 Å². The molecule has 0 unspecified atom stereocenters. The van der Waals surface area contributed by atoms with Crippen LogP contribution in [0.5, 0.6) is 5.88 Å². The minimum atomic E-state index is 0.102. The van der Waals surface area contributed by atoms with Gasteiger partial charge in [0.25, 0.3) is 0 Å². The fourth-order valence-electron chi connectivity index (χ4n) is 6.78. The van der Waals surface area contributed by atoms with Gasteiger partial charge in [-0.25, -0.2) is 15.0 Å². The number of fused-ring (bicyclic) bond motifs is 1. The lowest BCUT2D eigenvalue weighted by Gasteiger charge is -2.30. The summed E-state index contributed by atoms with van der Waals surface area (Å²) >= 11 is 14.2. The molecular weight excluding hydrogens is 649 g/mol. The van der Waals surface area contributed by atoms with Crippen LogP contribution in [0, 0.1) is 0 Å². The van der Waals surface area contributed by atoms with Gasteiger partial charge in [-0.3, -0.25) is 14.5 Å². The van der Waals surface area contributed by atoms with Crippen molar-refractivity contribution in [2.45, 2.75) is 57.3 Å². The molecule has 0 saturated carbocycles. The van der Waals surface area contributed by atoms with Crippen molar-refractivity contribution in [1.82, 2.24) is 35.8 Å². The van der Waals surface area contributed by atoms with E-state index in [4.69, 9.17) is 42.9 Å². The highest BCUT2D eigenvalue weighted by Crippen LogP contribution is 2.42. The zero-order chi connectivity index (χ0) is 33.2. The molecule has 3 aliphatic heterocycles. The van der Waals surface area contributed by atoms with Crippen LogP contribution in [-0.2, 0) is 29.1 Å². The highest BCUT2D eigenvalue weighted by molar-refractivity contribution is 6.39. The van der Waals surface area contributed by atoms with Gasteiger partial charge in [-0.15, -0.1) is 0 Å². The number of nitrogens with zero attached hydrogens (tertiary/aromatic N) is 4. The zero-order valence-corrected chi connectivity index (χ0v) is 28.2. The van der Waals surface area contributed by atoms with E-state index in [0.29, 0.717) is 53.4 Å². The number of aromatic nitrogens is 3. The van der Waals surface area contributed by atoms with E-state index < -0.39 is 0 Å². The van der Waals surface area contributed by atoms with Crippen LogP contribution in [0.15, 0.2) is 54.7 Å². The number of carbonyl (C=O) groups is 2. The molecule has 2 amide bonds. The fourth-order valence-corrected chi connectivity index (χ4v) is 7.42. The standard InChI is InChI=1S/C36H37Cl2N7O3/c1-48-36-21(16-39-18-23-9-12-31(46)41-23)8-11-30(44-36)27-6-2-4-25(33(27)37)26-5-3-7-28(34(26)38)35-40-17-22-19-45(15-14-29(22)43-35)20-24-10-13-32(47)42-24/h2-8,11,17,23-24,39H,9-10,12-16,18-20H2,1H3,(H,41,46)(H,42,47)/t23-,24-/m0/s1. The van der Waals surface area contributed by atoms with Gasteiger partial charge in [-0.1, -0.05) is 59.6 Å². The van der Waals surface area contributed by atoms with E-state index in [-0.39, 0.29) is 23.9 Å². The van der Waals surface area contributed by atoms with Crippen LogP contribution in [0.1, 0.15) is 42.5 Å². The van der Waals surface area contributed by atoms with E-state index in [2.05, 4.69) is 20.9 Å². The summed E-state index contributed by atoms with van der Waals surface area (Å²) < 4.78 is 5.65. The van der Waals surface area contributed by atoms with Crippen LogP contribution in [0.2, 0.25) is 10.0 Å². The molecule has 248 valence electrons. The van der Waals surface area contributed by atoms with Crippen LogP contribution < -0.4 is 20.7 Å². The monoisotopic (exact) mass is 685 g/mol. The molecule has 2 fully saturated rings. The average Bonchev–Trinajstić information content (AvgIpc) is 3.71. The number of hydrogen-bond donors (Lipinski definition) is 3. The van der Waals surface area contributed by atoms with Gasteiger partial charge in [0.15, 0.2) is 5.82 Å². The number of carbonyl (C=O) groups excluding carboxylic acids is 2. The SMILES string of the molecule is COc1nc(-c2cccc(-c3cccc(-c4ncc5c(n4)CCN(C[C@@H]4CCC(=O)N4)C5)c3Cl)c2Cl)ccc1CNC[C@@H]1CCC(=O)N1. The molecule has 5 heterocycles. The van der Waals surface area contributed by atoms with Crippen LogP contribution in [0.25, 0.3) is 33.8 Å². The third-order valence-electron chi connectivity index (χ3n) is 9.30. The lowest BCUT2D eigenvalue weighted by atomic mass is 9.98.